The van der Waals surface area contributed by atoms with Crippen LogP contribution in [0.3, 0.4) is 0 Å². The smallest absolute Gasteiger partial charge is 0.294 e. The third kappa shape index (κ3) is 5.80. The molecule has 4 aliphatic rings. The summed E-state index contributed by atoms with van der Waals surface area (Å²) in [4.78, 5) is 3.27. The van der Waals surface area contributed by atoms with Crippen molar-refractivity contribution in [3.8, 4) is 28.2 Å². The largest absolute Gasteiger partial charge is 0.486 e. The Morgan fingerprint density at radius 3 is 2.43 bits per heavy atom. The van der Waals surface area contributed by atoms with E-state index in [-0.39, 0.29) is 15.9 Å². The zero-order chi connectivity index (χ0) is 35.7. The molecule has 3 aliphatic carbocycles. The Hall–Kier alpha value is -4.92. The lowest BCUT2D eigenvalue weighted by molar-refractivity contribution is -0.403. The molecule has 0 amide bonds. The molecule has 2 saturated carbocycles. The van der Waals surface area contributed by atoms with E-state index < -0.39 is 10.1 Å². The highest BCUT2D eigenvalue weighted by Crippen LogP contribution is 2.71. The topological polar surface area (TPSA) is 103 Å². The molecule has 260 valence electrons. The lowest BCUT2D eigenvalue weighted by Crippen LogP contribution is -2.70. The van der Waals surface area contributed by atoms with Crippen molar-refractivity contribution in [2.75, 3.05) is 5.32 Å². The third-order valence-corrected chi connectivity index (χ3v) is 12.3. The Balaban J connectivity index is 1.30. The Bertz CT molecular complexity index is 2480. The van der Waals surface area contributed by atoms with Gasteiger partial charge in [-0.05, 0) is 80.6 Å². The second kappa shape index (κ2) is 12.1. The first-order valence-electron chi connectivity index (χ1n) is 17.6. The third-order valence-electron chi connectivity index (χ3n) is 11.4. The minimum absolute atomic E-state index is 0.107. The first-order valence-corrected chi connectivity index (χ1v) is 19.1. The van der Waals surface area contributed by atoms with Gasteiger partial charge in [0, 0.05) is 68.5 Å². The number of hydrogen-bond donors (Lipinski definition) is 3. The van der Waals surface area contributed by atoms with Gasteiger partial charge in [0.15, 0.2) is 0 Å². The number of nitrogens with one attached hydrogen (secondary N) is 2. The summed E-state index contributed by atoms with van der Waals surface area (Å²) in [7, 11) is -4.30. The summed E-state index contributed by atoms with van der Waals surface area (Å²) >= 11 is 0. The van der Waals surface area contributed by atoms with Crippen molar-refractivity contribution in [3.05, 3.63) is 120 Å². The van der Waals surface area contributed by atoms with Crippen molar-refractivity contribution in [1.29, 1.82) is 0 Å². The summed E-state index contributed by atoms with van der Waals surface area (Å²) in [6, 6.07) is 33.4. The fourth-order valence-electron chi connectivity index (χ4n) is 8.49. The molecule has 8 heteroatoms. The van der Waals surface area contributed by atoms with Crippen LogP contribution in [0.5, 0.6) is 5.75 Å². The number of ether oxygens (including phenoxy) is 1. The maximum absolute atomic E-state index is 11.7. The first-order chi connectivity index (χ1) is 24.3. The quantitative estimate of drug-likeness (QED) is 0.114. The van der Waals surface area contributed by atoms with Crippen LogP contribution in [0.2, 0.25) is 0 Å². The molecule has 0 bridgehead atoms. The maximum Gasteiger partial charge on any atom is 0.294 e. The van der Waals surface area contributed by atoms with Gasteiger partial charge in [-0.25, -0.2) is 4.99 Å². The molecular formula is C43H43N2O5S+. The van der Waals surface area contributed by atoms with Crippen LogP contribution in [0.4, 0.5) is 17.1 Å². The second-order valence-electron chi connectivity index (χ2n) is 15.1. The summed E-state index contributed by atoms with van der Waals surface area (Å²) in [5.41, 5.74) is 8.14. The molecule has 0 aromatic heterocycles. The fraction of sp³-hybridized carbons (Fsp3) is 0.279. The van der Waals surface area contributed by atoms with Crippen LogP contribution in [0, 0.1) is 31.1 Å². The monoisotopic (exact) mass is 699 g/mol. The van der Waals surface area contributed by atoms with E-state index in [1.807, 2.05) is 30.3 Å². The number of aryl methyl sites for hydroxylation is 2. The number of hydrogen-bond acceptors (Lipinski definition) is 5. The van der Waals surface area contributed by atoms with E-state index in [9.17, 15) is 13.0 Å². The van der Waals surface area contributed by atoms with Crippen LogP contribution in [0.25, 0.3) is 33.4 Å². The van der Waals surface area contributed by atoms with Crippen LogP contribution < -0.4 is 20.4 Å². The van der Waals surface area contributed by atoms with Crippen molar-refractivity contribution < 1.29 is 27.1 Å². The molecule has 0 spiro atoms. The number of anilines is 2. The summed E-state index contributed by atoms with van der Waals surface area (Å²) in [6.45, 7) is 11.0. The van der Waals surface area contributed by atoms with Crippen LogP contribution in [-0.2, 0) is 10.1 Å². The molecule has 51 heavy (non-hydrogen) atoms. The zero-order valence-corrected chi connectivity index (χ0v) is 30.4. The van der Waals surface area contributed by atoms with Gasteiger partial charge in [0.1, 0.15) is 22.7 Å². The predicted molar refractivity (Wildman–Crippen MR) is 201 cm³/mol. The van der Waals surface area contributed by atoms with Crippen molar-refractivity contribution in [2.24, 2.45) is 17.3 Å². The number of rotatable bonds is 7. The lowest BCUT2D eigenvalue weighted by atomic mass is 9.88. The molecule has 3 unspecified atom stereocenters. The number of fused-ring (bicyclic) bond motifs is 3. The number of benzene rings is 5. The summed E-state index contributed by atoms with van der Waals surface area (Å²) < 4.78 is 46.9. The Labute approximate surface area is 299 Å². The van der Waals surface area contributed by atoms with Crippen LogP contribution in [0.15, 0.2) is 112 Å². The molecular weight excluding hydrogens is 657 g/mol. The molecule has 7 nitrogen and oxygen atoms in total. The van der Waals surface area contributed by atoms with E-state index in [1.54, 1.807) is 13.0 Å². The van der Waals surface area contributed by atoms with E-state index in [0.717, 1.165) is 62.1 Å². The molecule has 4 aromatic rings. The zero-order valence-electron chi connectivity index (χ0n) is 29.6. The molecule has 1 aliphatic heterocycles. The minimum atomic E-state index is -4.30. The Morgan fingerprint density at radius 1 is 0.863 bits per heavy atom. The highest BCUT2D eigenvalue weighted by molar-refractivity contribution is 7.85. The summed E-state index contributed by atoms with van der Waals surface area (Å²) in [6.07, 6.45) is 3.49. The van der Waals surface area contributed by atoms with Crippen LogP contribution in [-0.4, -0.2) is 18.6 Å². The van der Waals surface area contributed by atoms with E-state index in [2.05, 4.69) is 92.6 Å². The van der Waals surface area contributed by atoms with E-state index >= 15 is 0 Å². The van der Waals surface area contributed by atoms with Crippen LogP contribution >= 0.6 is 0 Å². The number of para-hydroxylation sites is 2. The van der Waals surface area contributed by atoms with Gasteiger partial charge in [-0.2, -0.15) is 8.42 Å². The van der Waals surface area contributed by atoms with Gasteiger partial charge in [-0.15, -0.1) is 0 Å². The first kappa shape index (κ1) is 33.2. The highest BCUT2D eigenvalue weighted by atomic mass is 32.2. The van der Waals surface area contributed by atoms with Crippen molar-refractivity contribution >= 4 is 38.1 Å². The SMILES string of the molecule is Cc1ccccc1Nc1ccc2c(-c3ccccc3OC34CC(C)CCC3C4(C)C)c3ccc(=[NH+]c4ccc(S(=O)(=O)O)cc4C)cc-3oc2c1. The normalized spacial score (nSPS) is 21.4. The van der Waals surface area contributed by atoms with Crippen molar-refractivity contribution in [3.63, 3.8) is 0 Å². The summed E-state index contributed by atoms with van der Waals surface area (Å²) in [5, 5.41) is 5.32. The van der Waals surface area contributed by atoms with Gasteiger partial charge in [-0.3, -0.25) is 4.55 Å². The molecule has 2 fully saturated rings. The molecule has 3 N–H and O–H groups in total. The predicted octanol–water partition coefficient (Wildman–Crippen LogP) is 8.72. The maximum atomic E-state index is 11.7. The van der Waals surface area contributed by atoms with Crippen molar-refractivity contribution in [2.45, 2.75) is 64.4 Å². The fourth-order valence-corrected chi connectivity index (χ4v) is 9.06. The second-order valence-corrected chi connectivity index (χ2v) is 16.5. The standard InChI is InChI=1S/C43H42N2O5S/c1-26-14-21-40-42(4,5)43(40,25-26)50-37-13-9-7-11-32(37)41-33-18-15-29(44-35-12-8-6-10-27(35)2)23-38(33)49-39-24-30(16-19-34(39)41)45-36-20-17-31(22-28(36)3)51(46,47)48/h6-13,15-20,22-24,26,40,44H,14,21,25H2,1-5H3,(H,46,47,48)/p+1. The Morgan fingerprint density at radius 2 is 1.65 bits per heavy atom. The van der Waals surface area contributed by atoms with Crippen molar-refractivity contribution in [1.82, 2.24) is 0 Å². The van der Waals surface area contributed by atoms with Gasteiger partial charge < -0.3 is 14.5 Å². The molecule has 4 aromatic carbocycles. The van der Waals surface area contributed by atoms with E-state index in [1.165, 1.54) is 25.0 Å². The van der Waals surface area contributed by atoms with Gasteiger partial charge in [-0.1, -0.05) is 63.6 Å². The lowest BCUT2D eigenvalue weighted by Gasteiger charge is -2.30. The van der Waals surface area contributed by atoms with E-state index in [4.69, 9.17) is 9.15 Å². The molecule has 1 heterocycles. The van der Waals surface area contributed by atoms with Crippen LogP contribution in [0.1, 0.15) is 51.2 Å². The highest BCUT2D eigenvalue weighted by Gasteiger charge is 2.74. The molecule has 0 radical (unpaired) electrons. The Kier molecular flexibility index (Phi) is 7.89. The average molecular weight is 700 g/mol. The van der Waals surface area contributed by atoms with Gasteiger partial charge in [0.2, 0.25) is 11.0 Å². The van der Waals surface area contributed by atoms with Gasteiger partial charge in [0.25, 0.3) is 10.1 Å². The molecule has 3 atom stereocenters. The molecule has 8 rings (SSSR count). The van der Waals surface area contributed by atoms with Gasteiger partial charge >= 0.3 is 0 Å². The average Bonchev–Trinajstić information content (AvgIpc) is 3.56. The molecule has 0 saturated heterocycles. The van der Waals surface area contributed by atoms with E-state index in [0.29, 0.717) is 28.8 Å². The van der Waals surface area contributed by atoms with Gasteiger partial charge in [0.05, 0.1) is 11.0 Å². The minimum Gasteiger partial charge on any atom is -0.486 e. The summed E-state index contributed by atoms with van der Waals surface area (Å²) in [5.74, 6) is 2.72.